The number of aromatic nitrogens is 2. The summed E-state index contributed by atoms with van der Waals surface area (Å²) < 4.78 is 55.9. The Morgan fingerprint density at radius 3 is 1.53 bits per heavy atom. The third-order valence-electron chi connectivity index (χ3n) is 12.0. The smallest absolute Gasteiger partial charge is 0.326 e. The number of carboxylic acids is 2. The van der Waals surface area contributed by atoms with Crippen molar-refractivity contribution < 1.29 is 47.0 Å². The highest BCUT2D eigenvalue weighted by atomic mass is 19.1. The molecule has 0 saturated carbocycles. The number of carbonyl (C=O) groups is 4. The van der Waals surface area contributed by atoms with E-state index in [1.807, 2.05) is 108 Å². The minimum atomic E-state index is -1.37. The molecular formula is C59H58F4N6O6. The van der Waals surface area contributed by atoms with Crippen molar-refractivity contribution >= 4 is 51.0 Å². The van der Waals surface area contributed by atoms with Crippen molar-refractivity contribution in [2.75, 3.05) is 33.1 Å². The molecule has 0 aliphatic carbocycles. The monoisotopic (exact) mass is 1020 g/mol. The van der Waals surface area contributed by atoms with Crippen LogP contribution in [-0.2, 0) is 41.8 Å². The number of hydrogen-bond acceptors (Lipinski definition) is 8. The average Bonchev–Trinajstić information content (AvgIpc) is 3.36. The van der Waals surface area contributed by atoms with E-state index in [9.17, 15) is 47.0 Å². The van der Waals surface area contributed by atoms with Gasteiger partial charge in [0.25, 0.3) is 11.8 Å². The van der Waals surface area contributed by atoms with Crippen LogP contribution in [0.2, 0.25) is 0 Å². The van der Waals surface area contributed by atoms with Crippen LogP contribution in [0.3, 0.4) is 0 Å². The lowest BCUT2D eigenvalue weighted by atomic mass is 9.95. The summed E-state index contributed by atoms with van der Waals surface area (Å²) in [6.45, 7) is 4.79. The lowest BCUT2D eigenvalue weighted by Crippen LogP contribution is -2.43. The van der Waals surface area contributed by atoms with Gasteiger partial charge in [-0.15, -0.1) is 0 Å². The van der Waals surface area contributed by atoms with E-state index in [-0.39, 0.29) is 12.8 Å². The van der Waals surface area contributed by atoms with Crippen molar-refractivity contribution in [1.82, 2.24) is 25.5 Å². The van der Waals surface area contributed by atoms with E-state index >= 15 is 0 Å². The van der Waals surface area contributed by atoms with Gasteiger partial charge in [-0.05, 0) is 119 Å². The summed E-state index contributed by atoms with van der Waals surface area (Å²) in [6.07, 6.45) is 6.39. The molecule has 4 N–H and O–H groups in total. The standard InChI is InChI=1S/C29H27F2N3O3.C28H25F2N3O3.C2H6/c1-34(2)17-20-13-21-9-10-32-16-23(21)22(14-20)12-18-5-3-6-19(11-18)15-26(29(36)37)33-28(35)27-24(30)7-4-8-25(27)31;1-33(2)20-9-10-21-19(16-20)11-12-31-24(21)14-17-5-3-6-18(13-17)15-25(28(35)36)32-27(34)26-22(29)7-4-8-23(26)30;1-2/h3-11,13-14,16,26H,12,15,17H2,1-2H3,(H,33,35)(H,36,37);3-13,16,25H,14-15H2,1-2H3,(H,32,34)(H,35,36);1-2H3. The molecule has 2 amide bonds. The normalized spacial score (nSPS) is 11.7. The number of pyridine rings is 2. The molecule has 2 unspecified atom stereocenters. The number of halogens is 4. The second kappa shape index (κ2) is 25.9. The molecule has 0 radical (unpaired) electrons. The number of carbonyl (C=O) groups excluding carboxylic acids is 2. The SMILES string of the molecule is CC.CN(C)Cc1cc(Cc2cccc(CC(NC(=O)c3c(F)cccc3F)C(=O)O)c2)c2cnccc2c1.CN(C)c1ccc2c(Cc3cccc(CC(NC(=O)c4c(F)cccc4F)C(=O)O)c3)nccc2c1. The van der Waals surface area contributed by atoms with Crippen molar-refractivity contribution in [2.45, 2.75) is 58.2 Å². The van der Waals surface area contributed by atoms with E-state index in [1.165, 1.54) is 5.56 Å². The van der Waals surface area contributed by atoms with E-state index in [4.69, 9.17) is 0 Å². The van der Waals surface area contributed by atoms with E-state index in [0.29, 0.717) is 24.0 Å². The number of rotatable bonds is 17. The van der Waals surface area contributed by atoms with Crippen molar-refractivity contribution in [3.63, 3.8) is 0 Å². The molecule has 16 heteroatoms. The number of amides is 2. The second-order valence-corrected chi connectivity index (χ2v) is 18.0. The number of hydrogen-bond donors (Lipinski definition) is 4. The predicted octanol–water partition coefficient (Wildman–Crippen LogP) is 10.2. The number of fused-ring (bicyclic) bond motifs is 2. The third kappa shape index (κ3) is 14.8. The first-order valence-corrected chi connectivity index (χ1v) is 24.1. The highest BCUT2D eigenvalue weighted by molar-refractivity contribution is 5.98. The maximum atomic E-state index is 14.0. The summed E-state index contributed by atoms with van der Waals surface area (Å²) in [5.74, 6) is -9.06. The zero-order chi connectivity index (χ0) is 54.3. The molecule has 0 aliphatic rings. The number of aliphatic carboxylic acids is 2. The number of nitrogens with zero attached hydrogens (tertiary/aromatic N) is 4. The summed E-state index contributed by atoms with van der Waals surface area (Å²) in [5.41, 5.74) is 5.82. The molecule has 2 aromatic heterocycles. The molecule has 0 bridgehead atoms. The predicted molar refractivity (Wildman–Crippen MR) is 283 cm³/mol. The largest absolute Gasteiger partial charge is 0.480 e. The summed E-state index contributed by atoms with van der Waals surface area (Å²) in [7, 11) is 7.99. The second-order valence-electron chi connectivity index (χ2n) is 18.0. The Morgan fingerprint density at radius 1 is 0.547 bits per heavy atom. The molecule has 0 saturated heterocycles. The Balaban J connectivity index is 0.000000236. The molecule has 75 heavy (non-hydrogen) atoms. The molecule has 0 spiro atoms. The van der Waals surface area contributed by atoms with Crippen molar-refractivity contribution in [3.8, 4) is 0 Å². The minimum Gasteiger partial charge on any atom is -0.480 e. The van der Waals surface area contributed by atoms with Gasteiger partial charge in [-0.2, -0.15) is 0 Å². The third-order valence-corrected chi connectivity index (χ3v) is 12.0. The van der Waals surface area contributed by atoms with Gasteiger partial charge in [-0.3, -0.25) is 19.6 Å². The van der Waals surface area contributed by atoms with Crippen LogP contribution in [0, 0.1) is 23.3 Å². The summed E-state index contributed by atoms with van der Waals surface area (Å²) in [4.78, 5) is 61.5. The summed E-state index contributed by atoms with van der Waals surface area (Å²) in [6, 6.07) is 32.5. The fraction of sp³-hybridized carbons (Fsp3) is 0.220. The highest BCUT2D eigenvalue weighted by Gasteiger charge is 2.27. The van der Waals surface area contributed by atoms with E-state index in [0.717, 1.165) is 92.6 Å². The molecule has 0 fully saturated rings. The zero-order valence-corrected chi connectivity index (χ0v) is 42.4. The van der Waals surface area contributed by atoms with Crippen LogP contribution < -0.4 is 15.5 Å². The van der Waals surface area contributed by atoms with Crippen molar-refractivity contribution in [3.05, 3.63) is 219 Å². The van der Waals surface area contributed by atoms with Gasteiger partial charge in [0.1, 0.15) is 46.5 Å². The maximum absolute atomic E-state index is 14.0. The first-order valence-electron chi connectivity index (χ1n) is 24.1. The average molecular weight is 1020 g/mol. The first-order chi connectivity index (χ1) is 35.9. The molecule has 8 aromatic rings. The fourth-order valence-electron chi connectivity index (χ4n) is 8.50. The molecule has 0 aliphatic heterocycles. The van der Waals surface area contributed by atoms with Gasteiger partial charge in [0.2, 0.25) is 0 Å². The van der Waals surface area contributed by atoms with Gasteiger partial charge in [-0.25, -0.2) is 27.2 Å². The molecule has 12 nitrogen and oxygen atoms in total. The van der Waals surface area contributed by atoms with Crippen molar-refractivity contribution in [1.29, 1.82) is 0 Å². The highest BCUT2D eigenvalue weighted by Crippen LogP contribution is 2.27. The number of nitrogens with one attached hydrogen (secondary N) is 2. The maximum Gasteiger partial charge on any atom is 0.326 e. The zero-order valence-electron chi connectivity index (χ0n) is 42.4. The topological polar surface area (TPSA) is 165 Å². The minimum absolute atomic E-state index is 0.0477. The van der Waals surface area contributed by atoms with Crippen LogP contribution in [0.1, 0.15) is 73.6 Å². The molecule has 8 rings (SSSR count). The molecule has 388 valence electrons. The van der Waals surface area contributed by atoms with Crippen LogP contribution in [0.15, 0.2) is 146 Å². The van der Waals surface area contributed by atoms with E-state index in [1.54, 1.807) is 30.6 Å². The van der Waals surface area contributed by atoms with Gasteiger partial charge >= 0.3 is 11.9 Å². The van der Waals surface area contributed by atoms with Gasteiger partial charge in [0.05, 0.1) is 5.69 Å². The van der Waals surface area contributed by atoms with Crippen molar-refractivity contribution in [2.24, 2.45) is 0 Å². The van der Waals surface area contributed by atoms with Crippen LogP contribution in [-0.4, -0.2) is 89.1 Å². The van der Waals surface area contributed by atoms with Crippen LogP contribution in [0.4, 0.5) is 23.2 Å². The Bertz CT molecular complexity index is 3290. The lowest BCUT2D eigenvalue weighted by Gasteiger charge is -2.16. The van der Waals surface area contributed by atoms with Crippen LogP contribution in [0.5, 0.6) is 0 Å². The van der Waals surface area contributed by atoms with E-state index in [2.05, 4.69) is 43.7 Å². The molecule has 6 aromatic carbocycles. The van der Waals surface area contributed by atoms with Gasteiger partial charge in [0, 0.05) is 75.0 Å². The quantitative estimate of drug-likeness (QED) is 0.0646. The van der Waals surface area contributed by atoms with E-state index < -0.39 is 70.2 Å². The van der Waals surface area contributed by atoms with Gasteiger partial charge in [0.15, 0.2) is 0 Å². The van der Waals surface area contributed by atoms with Crippen LogP contribution >= 0.6 is 0 Å². The Kier molecular flexibility index (Phi) is 19.3. The summed E-state index contributed by atoms with van der Waals surface area (Å²) >= 11 is 0. The van der Waals surface area contributed by atoms with Gasteiger partial charge in [-0.1, -0.05) is 86.6 Å². The molecule has 2 heterocycles. The Hall–Kier alpha value is -8.50. The molecule has 2 atom stereocenters. The number of anilines is 1. The lowest BCUT2D eigenvalue weighted by molar-refractivity contribution is -0.140. The van der Waals surface area contributed by atoms with Gasteiger partial charge < -0.3 is 30.6 Å². The summed E-state index contributed by atoms with van der Waals surface area (Å²) in [5, 5.41) is 28.0. The molecular weight excluding hydrogens is 965 g/mol. The Morgan fingerprint density at radius 2 is 1.03 bits per heavy atom. The van der Waals surface area contributed by atoms with Crippen LogP contribution in [0.25, 0.3) is 21.5 Å². The first kappa shape index (κ1) is 55.8. The Labute approximate surface area is 432 Å². The number of carboxylic acid groups (broad SMARTS) is 2. The fourth-order valence-corrected chi connectivity index (χ4v) is 8.50. The number of benzene rings is 6.